The molecule has 2 N–H and O–H groups in total. The fourth-order valence-corrected chi connectivity index (χ4v) is 3.70. The molecule has 2 aliphatic rings. The summed E-state index contributed by atoms with van der Waals surface area (Å²) in [5.74, 6) is 1.76. The van der Waals surface area contributed by atoms with E-state index in [2.05, 4.69) is 15.2 Å². The van der Waals surface area contributed by atoms with Gasteiger partial charge < -0.3 is 14.1 Å². The molecule has 3 heterocycles. The van der Waals surface area contributed by atoms with Gasteiger partial charge in [0.25, 0.3) is 5.56 Å². The molecule has 0 unspecified atom stereocenters. The van der Waals surface area contributed by atoms with Crippen molar-refractivity contribution in [3.05, 3.63) is 45.6 Å². The van der Waals surface area contributed by atoms with E-state index in [1.807, 2.05) is 12.1 Å². The molecule has 6 heteroatoms. The maximum atomic E-state index is 12.0. The second-order valence-electron chi connectivity index (χ2n) is 6.78. The summed E-state index contributed by atoms with van der Waals surface area (Å²) in [5, 5.41) is 3.43. The standard InChI is InChI=1S/C19H25N3O3/c23-19-16-4-2-1-3-15(16)17(12-21-19)18-6-5-14(25-18)11-20-13-22-7-9-24-10-8-22/h5-6,12,20H,1-4,7-11,13H2,(H,21,23). The number of ether oxygens (including phenoxy) is 1. The number of H-pyrrole nitrogens is 1. The number of hydrogen-bond acceptors (Lipinski definition) is 5. The lowest BCUT2D eigenvalue weighted by molar-refractivity contribution is 0.0337. The van der Waals surface area contributed by atoms with E-state index in [1.54, 1.807) is 6.20 Å². The number of aromatic nitrogens is 1. The number of rotatable bonds is 5. The number of furan rings is 1. The molecule has 0 atom stereocenters. The molecule has 134 valence electrons. The summed E-state index contributed by atoms with van der Waals surface area (Å²) in [7, 11) is 0. The van der Waals surface area contributed by atoms with Crippen LogP contribution in [-0.4, -0.2) is 42.9 Å². The van der Waals surface area contributed by atoms with Gasteiger partial charge in [-0.3, -0.25) is 15.0 Å². The van der Waals surface area contributed by atoms with E-state index >= 15 is 0 Å². The van der Waals surface area contributed by atoms with Gasteiger partial charge in [-0.05, 0) is 43.4 Å². The fourth-order valence-electron chi connectivity index (χ4n) is 3.70. The van der Waals surface area contributed by atoms with E-state index in [0.29, 0.717) is 6.54 Å². The Morgan fingerprint density at radius 3 is 2.76 bits per heavy atom. The Balaban J connectivity index is 1.44. The van der Waals surface area contributed by atoms with Gasteiger partial charge in [-0.1, -0.05) is 0 Å². The largest absolute Gasteiger partial charge is 0.460 e. The molecule has 2 aromatic heterocycles. The van der Waals surface area contributed by atoms with E-state index in [1.165, 1.54) is 0 Å². The van der Waals surface area contributed by atoms with Crippen molar-refractivity contribution in [2.75, 3.05) is 33.0 Å². The van der Waals surface area contributed by atoms with Crippen LogP contribution in [0.5, 0.6) is 0 Å². The first-order valence-corrected chi connectivity index (χ1v) is 9.14. The monoisotopic (exact) mass is 343 g/mol. The van der Waals surface area contributed by atoms with Crippen LogP contribution in [0.15, 0.2) is 27.5 Å². The number of pyridine rings is 1. The third kappa shape index (κ3) is 3.71. The van der Waals surface area contributed by atoms with Crippen molar-refractivity contribution < 1.29 is 9.15 Å². The molecule has 1 fully saturated rings. The Morgan fingerprint density at radius 1 is 1.12 bits per heavy atom. The van der Waals surface area contributed by atoms with Gasteiger partial charge in [-0.25, -0.2) is 0 Å². The highest BCUT2D eigenvalue weighted by Gasteiger charge is 2.19. The minimum absolute atomic E-state index is 0.0532. The van der Waals surface area contributed by atoms with Crippen LogP contribution in [-0.2, 0) is 24.1 Å². The van der Waals surface area contributed by atoms with Gasteiger partial charge in [0.1, 0.15) is 11.5 Å². The van der Waals surface area contributed by atoms with Crippen LogP contribution in [0, 0.1) is 0 Å². The Hall–Kier alpha value is -1.89. The lowest BCUT2D eigenvalue weighted by Gasteiger charge is -2.26. The fraction of sp³-hybridized carbons (Fsp3) is 0.526. The molecule has 4 rings (SSSR count). The molecule has 6 nitrogen and oxygen atoms in total. The predicted molar refractivity (Wildman–Crippen MR) is 95.5 cm³/mol. The minimum Gasteiger partial charge on any atom is -0.460 e. The molecule has 0 aromatic carbocycles. The smallest absolute Gasteiger partial charge is 0.251 e. The molecular formula is C19H25N3O3. The van der Waals surface area contributed by atoms with Gasteiger partial charge >= 0.3 is 0 Å². The van der Waals surface area contributed by atoms with Crippen LogP contribution in [0.4, 0.5) is 0 Å². The normalized spacial score (nSPS) is 18.2. The number of morpholine rings is 1. The molecule has 0 radical (unpaired) electrons. The Bertz CT molecular complexity index is 774. The molecule has 0 bridgehead atoms. The lowest BCUT2D eigenvalue weighted by atomic mass is 9.89. The average molecular weight is 343 g/mol. The Labute approximate surface area is 147 Å². The third-order valence-electron chi connectivity index (χ3n) is 5.08. The van der Waals surface area contributed by atoms with E-state index < -0.39 is 0 Å². The lowest BCUT2D eigenvalue weighted by Crippen LogP contribution is -2.41. The zero-order valence-electron chi connectivity index (χ0n) is 14.5. The van der Waals surface area contributed by atoms with Crippen LogP contribution in [0.25, 0.3) is 11.3 Å². The van der Waals surface area contributed by atoms with Crippen LogP contribution in [0.1, 0.15) is 29.7 Å². The summed E-state index contributed by atoms with van der Waals surface area (Å²) in [5.41, 5.74) is 3.19. The number of aromatic amines is 1. The highest BCUT2D eigenvalue weighted by molar-refractivity contribution is 5.63. The zero-order valence-corrected chi connectivity index (χ0v) is 14.5. The van der Waals surface area contributed by atoms with Gasteiger partial charge in [0.15, 0.2) is 0 Å². The van der Waals surface area contributed by atoms with Crippen LogP contribution >= 0.6 is 0 Å². The molecule has 1 aliphatic carbocycles. The Kier molecular flexibility index (Phi) is 5.01. The predicted octanol–water partition coefficient (Wildman–Crippen LogP) is 1.89. The molecule has 0 saturated carbocycles. The SMILES string of the molecule is O=c1[nH]cc(-c2ccc(CNCN3CCOCC3)o2)c2c1CCCC2. The first-order chi connectivity index (χ1) is 12.3. The van der Waals surface area contributed by atoms with Crippen molar-refractivity contribution in [1.29, 1.82) is 0 Å². The first kappa shape index (κ1) is 16.6. The highest BCUT2D eigenvalue weighted by Crippen LogP contribution is 2.30. The number of nitrogens with one attached hydrogen (secondary N) is 2. The van der Waals surface area contributed by atoms with E-state index in [-0.39, 0.29) is 5.56 Å². The topological polar surface area (TPSA) is 70.5 Å². The summed E-state index contributed by atoms with van der Waals surface area (Å²) >= 11 is 0. The summed E-state index contributed by atoms with van der Waals surface area (Å²) < 4.78 is 11.4. The van der Waals surface area contributed by atoms with Gasteiger partial charge in [-0.15, -0.1) is 0 Å². The number of fused-ring (bicyclic) bond motifs is 1. The molecule has 25 heavy (non-hydrogen) atoms. The summed E-state index contributed by atoms with van der Waals surface area (Å²) in [6.45, 7) is 5.10. The van der Waals surface area contributed by atoms with Gasteiger partial charge in [-0.2, -0.15) is 0 Å². The number of nitrogens with zero attached hydrogens (tertiary/aromatic N) is 1. The van der Waals surface area contributed by atoms with Crippen LogP contribution in [0.2, 0.25) is 0 Å². The van der Waals surface area contributed by atoms with E-state index in [0.717, 1.165) is 86.9 Å². The van der Waals surface area contributed by atoms with Crippen LogP contribution < -0.4 is 10.9 Å². The second kappa shape index (κ2) is 7.56. The maximum Gasteiger partial charge on any atom is 0.251 e. The summed E-state index contributed by atoms with van der Waals surface area (Å²) in [6.07, 6.45) is 5.86. The number of hydrogen-bond donors (Lipinski definition) is 2. The second-order valence-corrected chi connectivity index (χ2v) is 6.78. The van der Waals surface area contributed by atoms with Crippen molar-refractivity contribution in [3.8, 4) is 11.3 Å². The average Bonchev–Trinajstić information content (AvgIpc) is 3.12. The van der Waals surface area contributed by atoms with Crippen molar-refractivity contribution in [2.24, 2.45) is 0 Å². The highest BCUT2D eigenvalue weighted by atomic mass is 16.5. The molecule has 0 amide bonds. The van der Waals surface area contributed by atoms with Gasteiger partial charge in [0.2, 0.25) is 0 Å². The third-order valence-corrected chi connectivity index (χ3v) is 5.08. The van der Waals surface area contributed by atoms with E-state index in [9.17, 15) is 4.79 Å². The van der Waals surface area contributed by atoms with Gasteiger partial charge in [0, 0.05) is 37.1 Å². The minimum atomic E-state index is 0.0532. The quantitative estimate of drug-likeness (QED) is 0.868. The van der Waals surface area contributed by atoms with Crippen molar-refractivity contribution in [2.45, 2.75) is 32.2 Å². The van der Waals surface area contributed by atoms with Gasteiger partial charge in [0.05, 0.1) is 19.8 Å². The first-order valence-electron chi connectivity index (χ1n) is 9.14. The van der Waals surface area contributed by atoms with Crippen molar-refractivity contribution in [3.63, 3.8) is 0 Å². The molecule has 1 saturated heterocycles. The molecular weight excluding hydrogens is 318 g/mol. The van der Waals surface area contributed by atoms with Crippen molar-refractivity contribution >= 4 is 0 Å². The molecule has 0 spiro atoms. The summed E-state index contributed by atoms with van der Waals surface area (Å²) in [4.78, 5) is 17.2. The summed E-state index contributed by atoms with van der Waals surface area (Å²) in [6, 6.07) is 4.02. The zero-order chi connectivity index (χ0) is 17.1. The molecule has 1 aliphatic heterocycles. The molecule has 2 aromatic rings. The maximum absolute atomic E-state index is 12.0. The van der Waals surface area contributed by atoms with E-state index in [4.69, 9.17) is 9.15 Å². The Morgan fingerprint density at radius 2 is 1.92 bits per heavy atom. The van der Waals surface area contributed by atoms with Crippen LogP contribution in [0.3, 0.4) is 0 Å². The van der Waals surface area contributed by atoms with Crippen molar-refractivity contribution in [1.82, 2.24) is 15.2 Å².